The summed E-state index contributed by atoms with van der Waals surface area (Å²) < 4.78 is 1.84. The van der Waals surface area contributed by atoms with Crippen molar-refractivity contribution < 1.29 is 14.7 Å². The molecule has 0 aliphatic heterocycles. The van der Waals surface area contributed by atoms with Crippen LogP contribution in [0.3, 0.4) is 0 Å². The summed E-state index contributed by atoms with van der Waals surface area (Å²) in [6.45, 7) is 7.11. The van der Waals surface area contributed by atoms with E-state index in [9.17, 15) is 9.59 Å². The molecule has 2 fully saturated rings. The van der Waals surface area contributed by atoms with Gasteiger partial charge in [-0.3, -0.25) is 14.3 Å². The molecule has 6 nitrogen and oxygen atoms in total. The summed E-state index contributed by atoms with van der Waals surface area (Å²) in [5.41, 5.74) is 3.85. The van der Waals surface area contributed by atoms with Crippen LogP contribution in [0.25, 0.3) is 10.9 Å². The molecule has 2 N–H and O–H groups in total. The van der Waals surface area contributed by atoms with Gasteiger partial charge in [-0.1, -0.05) is 56.6 Å². The Morgan fingerprint density at radius 2 is 1.79 bits per heavy atom. The molecule has 0 saturated heterocycles. The number of carboxylic acids is 1. The van der Waals surface area contributed by atoms with Crippen LogP contribution in [0.1, 0.15) is 67.9 Å². The zero-order chi connectivity index (χ0) is 24.3. The molecule has 0 unspecified atom stereocenters. The average Bonchev–Trinajstić information content (AvgIpc) is 3.13. The summed E-state index contributed by atoms with van der Waals surface area (Å²) in [5.74, 6) is -1.07. The summed E-state index contributed by atoms with van der Waals surface area (Å²) >= 11 is 6.44. The van der Waals surface area contributed by atoms with Crippen LogP contribution in [0.4, 0.5) is 0 Å². The number of hydrogen-bond acceptors (Lipinski definition) is 3. The number of rotatable bonds is 5. The lowest BCUT2D eigenvalue weighted by molar-refractivity contribution is -0.155. The molecule has 5 rings (SSSR count). The smallest absolute Gasteiger partial charge is 0.306 e. The molecule has 1 aromatic heterocycles. The predicted octanol–water partition coefficient (Wildman–Crippen LogP) is 5.41. The van der Waals surface area contributed by atoms with Gasteiger partial charge in [0.2, 0.25) is 0 Å². The number of benzene rings is 2. The number of nitrogens with zero attached hydrogens (tertiary/aromatic N) is 2. The molecule has 0 atom stereocenters. The van der Waals surface area contributed by atoms with Gasteiger partial charge in [0.25, 0.3) is 5.91 Å². The zero-order valence-electron chi connectivity index (χ0n) is 19.8. The quantitative estimate of drug-likeness (QED) is 0.512. The largest absolute Gasteiger partial charge is 0.481 e. The van der Waals surface area contributed by atoms with E-state index in [-0.39, 0.29) is 28.7 Å². The van der Waals surface area contributed by atoms with E-state index in [1.807, 2.05) is 4.68 Å². The molecule has 2 saturated carbocycles. The minimum absolute atomic E-state index is 0.0780. The molecule has 2 aliphatic carbocycles. The molecular formula is C27H30ClN3O3. The van der Waals surface area contributed by atoms with Gasteiger partial charge < -0.3 is 10.4 Å². The summed E-state index contributed by atoms with van der Waals surface area (Å²) in [6, 6.07) is 12.1. The van der Waals surface area contributed by atoms with Crippen LogP contribution in [-0.4, -0.2) is 32.8 Å². The number of fused-ring (bicyclic) bond motifs is 1. The molecule has 3 aromatic rings. The molecule has 2 aliphatic rings. The lowest BCUT2D eigenvalue weighted by Gasteiger charge is -2.56. The first kappa shape index (κ1) is 22.9. The number of hydrogen-bond donors (Lipinski definition) is 2. The molecule has 0 bridgehead atoms. The fourth-order valence-electron chi connectivity index (χ4n) is 5.60. The van der Waals surface area contributed by atoms with Gasteiger partial charge in [0, 0.05) is 11.4 Å². The molecule has 1 spiro atoms. The first-order chi connectivity index (χ1) is 16.0. The van der Waals surface area contributed by atoms with Crippen LogP contribution in [0.5, 0.6) is 0 Å². The van der Waals surface area contributed by atoms with Crippen LogP contribution < -0.4 is 5.32 Å². The maximum Gasteiger partial charge on any atom is 0.306 e. The molecule has 7 heteroatoms. The summed E-state index contributed by atoms with van der Waals surface area (Å²) in [7, 11) is 0. The Kier molecular flexibility index (Phi) is 5.47. The van der Waals surface area contributed by atoms with Crippen LogP contribution in [-0.2, 0) is 16.8 Å². The zero-order valence-corrected chi connectivity index (χ0v) is 20.5. The van der Waals surface area contributed by atoms with Crippen LogP contribution in [0.2, 0.25) is 5.02 Å². The average molecular weight is 480 g/mol. The van der Waals surface area contributed by atoms with Crippen molar-refractivity contribution in [3.8, 4) is 0 Å². The van der Waals surface area contributed by atoms with Gasteiger partial charge in [0.05, 0.1) is 34.8 Å². The Hall–Kier alpha value is -2.86. The maximum atomic E-state index is 13.2. The highest BCUT2D eigenvalue weighted by molar-refractivity contribution is 6.36. The van der Waals surface area contributed by atoms with Crippen molar-refractivity contribution >= 4 is 34.4 Å². The second-order valence-corrected chi connectivity index (χ2v) is 11.5. The lowest BCUT2D eigenvalue weighted by atomic mass is 9.50. The number of nitrogens with one attached hydrogen (secondary N) is 1. The van der Waals surface area contributed by atoms with Crippen LogP contribution in [0.15, 0.2) is 42.6 Å². The summed E-state index contributed by atoms with van der Waals surface area (Å²) in [4.78, 5) is 24.3. The standard InChI is InChI=1S/C27H30ClN3O3/c1-26(2,3)18-6-4-16(5-7-18)15-31-23-20(8-9-22(28)21(23)14-29-31)24(32)30-19-12-27(13-19)10-17(11-27)25(33)34/h4-9,14,17,19H,10-13,15H2,1-3H3,(H,30,32)(H,33,34). The topological polar surface area (TPSA) is 84.2 Å². The number of carbonyl (C=O) groups excluding carboxylic acids is 1. The molecule has 1 heterocycles. The Morgan fingerprint density at radius 1 is 1.12 bits per heavy atom. The van der Waals surface area contributed by atoms with E-state index in [0.29, 0.717) is 17.1 Å². The minimum atomic E-state index is -0.706. The third kappa shape index (κ3) is 4.09. The number of carbonyl (C=O) groups is 2. The van der Waals surface area contributed by atoms with E-state index in [2.05, 4.69) is 55.5 Å². The Bertz CT molecular complexity index is 1260. The first-order valence-electron chi connectivity index (χ1n) is 11.8. The van der Waals surface area contributed by atoms with Gasteiger partial charge in [-0.2, -0.15) is 5.10 Å². The number of aliphatic carboxylic acids is 1. The van der Waals surface area contributed by atoms with Crippen molar-refractivity contribution in [1.82, 2.24) is 15.1 Å². The van der Waals surface area contributed by atoms with Crippen molar-refractivity contribution in [3.05, 3.63) is 64.3 Å². The van der Waals surface area contributed by atoms with Gasteiger partial charge in [-0.15, -0.1) is 0 Å². The number of aromatic nitrogens is 2. The highest BCUT2D eigenvalue weighted by atomic mass is 35.5. The number of halogens is 1. The van der Waals surface area contributed by atoms with Gasteiger partial charge in [-0.05, 0) is 59.8 Å². The van der Waals surface area contributed by atoms with E-state index >= 15 is 0 Å². The predicted molar refractivity (Wildman–Crippen MR) is 132 cm³/mol. The normalized spacial score (nSPS) is 24.0. The minimum Gasteiger partial charge on any atom is -0.481 e. The monoisotopic (exact) mass is 479 g/mol. The van der Waals surface area contributed by atoms with E-state index in [1.165, 1.54) is 5.56 Å². The van der Waals surface area contributed by atoms with Crippen LogP contribution >= 0.6 is 11.6 Å². The van der Waals surface area contributed by atoms with Gasteiger partial charge in [0.15, 0.2) is 0 Å². The molecule has 1 amide bonds. The van der Waals surface area contributed by atoms with E-state index in [1.54, 1.807) is 18.3 Å². The van der Waals surface area contributed by atoms with Crippen LogP contribution in [0, 0.1) is 11.3 Å². The SMILES string of the molecule is CC(C)(C)c1ccc(Cn2ncc3c(Cl)ccc(C(=O)NC4CC5(C4)CC(C(=O)O)C5)c32)cc1. The third-order valence-corrected chi connectivity index (χ3v) is 7.88. The lowest BCUT2D eigenvalue weighted by Crippen LogP contribution is -2.57. The molecule has 34 heavy (non-hydrogen) atoms. The Balaban J connectivity index is 1.33. The Labute approximate surface area is 204 Å². The van der Waals surface area contributed by atoms with E-state index in [4.69, 9.17) is 16.7 Å². The van der Waals surface area contributed by atoms with Gasteiger partial charge >= 0.3 is 5.97 Å². The van der Waals surface area contributed by atoms with Crippen molar-refractivity contribution in [2.75, 3.05) is 0 Å². The second-order valence-electron chi connectivity index (χ2n) is 11.1. The van der Waals surface area contributed by atoms with Crippen molar-refractivity contribution in [2.24, 2.45) is 11.3 Å². The van der Waals surface area contributed by atoms with Crippen molar-refractivity contribution in [3.63, 3.8) is 0 Å². The van der Waals surface area contributed by atoms with Crippen molar-refractivity contribution in [2.45, 2.75) is 64.5 Å². The summed E-state index contributed by atoms with van der Waals surface area (Å²) in [5, 5.41) is 18.2. The number of amides is 1. The summed E-state index contributed by atoms with van der Waals surface area (Å²) in [6.07, 6.45) is 4.86. The molecule has 178 valence electrons. The molecule has 2 aromatic carbocycles. The molecule has 0 radical (unpaired) electrons. The second kappa shape index (κ2) is 8.12. The van der Waals surface area contributed by atoms with Crippen molar-refractivity contribution in [1.29, 1.82) is 0 Å². The fraction of sp³-hybridized carbons (Fsp3) is 0.444. The van der Waals surface area contributed by atoms with Gasteiger partial charge in [-0.25, -0.2) is 0 Å². The van der Waals surface area contributed by atoms with E-state index in [0.717, 1.165) is 42.1 Å². The maximum absolute atomic E-state index is 13.2. The van der Waals surface area contributed by atoms with E-state index < -0.39 is 5.97 Å². The number of carboxylic acid groups (broad SMARTS) is 1. The highest BCUT2D eigenvalue weighted by Gasteiger charge is 2.55. The molecular weight excluding hydrogens is 450 g/mol. The Morgan fingerprint density at radius 3 is 2.41 bits per heavy atom. The first-order valence-corrected chi connectivity index (χ1v) is 12.2. The highest BCUT2D eigenvalue weighted by Crippen LogP contribution is 2.58. The fourth-order valence-corrected chi connectivity index (χ4v) is 5.80. The third-order valence-electron chi connectivity index (χ3n) is 7.55. The van der Waals surface area contributed by atoms with Gasteiger partial charge in [0.1, 0.15) is 0 Å².